The Morgan fingerprint density at radius 2 is 1.84 bits per heavy atom. The number of imidazole rings is 1. The van der Waals surface area contributed by atoms with Gasteiger partial charge in [-0.3, -0.25) is 14.7 Å². The summed E-state index contributed by atoms with van der Waals surface area (Å²) < 4.78 is 13.5. The van der Waals surface area contributed by atoms with Crippen LogP contribution in [0.1, 0.15) is 37.9 Å². The number of ether oxygens (including phenoxy) is 2. The van der Waals surface area contributed by atoms with E-state index in [1.54, 1.807) is 33.2 Å². The first-order chi connectivity index (χ1) is 18.4. The van der Waals surface area contributed by atoms with Gasteiger partial charge in [-0.1, -0.05) is 13.0 Å². The molecule has 200 valence electrons. The number of rotatable bonds is 6. The average Bonchev–Trinajstić information content (AvgIpc) is 3.35. The topological polar surface area (TPSA) is 85.6 Å². The minimum Gasteiger partial charge on any atom is -0.493 e. The molecule has 0 bridgehead atoms. The van der Waals surface area contributed by atoms with Gasteiger partial charge in [-0.15, -0.1) is 0 Å². The Kier molecular flexibility index (Phi) is 7.46. The number of allylic oxidation sites excluding steroid dienone is 4. The van der Waals surface area contributed by atoms with Gasteiger partial charge in [0.1, 0.15) is 11.0 Å². The maximum absolute atomic E-state index is 12.2. The molecule has 38 heavy (non-hydrogen) atoms. The van der Waals surface area contributed by atoms with Crippen molar-refractivity contribution in [1.82, 2.24) is 29.3 Å². The predicted molar refractivity (Wildman–Crippen MR) is 148 cm³/mol. The van der Waals surface area contributed by atoms with Crippen LogP contribution in [-0.2, 0) is 14.3 Å². The third-order valence-corrected chi connectivity index (χ3v) is 7.46. The highest BCUT2D eigenvalue weighted by Gasteiger charge is 2.25. The molecule has 2 aliphatic rings. The third kappa shape index (κ3) is 5.15. The molecule has 0 radical (unpaired) electrons. The maximum atomic E-state index is 12.2. The number of carbonyl (C=O) groups excluding carboxylic acids is 1. The number of methoxy groups -OCH3 is 2. The van der Waals surface area contributed by atoms with Gasteiger partial charge in [0, 0.05) is 38.8 Å². The van der Waals surface area contributed by atoms with Crippen molar-refractivity contribution < 1.29 is 14.3 Å². The van der Waals surface area contributed by atoms with Crippen molar-refractivity contribution in [3.8, 4) is 0 Å². The minimum absolute atomic E-state index is 0.141. The minimum atomic E-state index is 0.141. The molecular weight excluding hydrogens is 480 g/mol. The van der Waals surface area contributed by atoms with Crippen molar-refractivity contribution in [2.75, 3.05) is 47.9 Å². The third-order valence-electron chi connectivity index (χ3n) is 7.46. The highest BCUT2D eigenvalue weighted by Crippen LogP contribution is 2.32. The van der Waals surface area contributed by atoms with Crippen LogP contribution in [0.2, 0.25) is 0 Å². The fourth-order valence-corrected chi connectivity index (χ4v) is 5.23. The lowest BCUT2D eigenvalue weighted by molar-refractivity contribution is -0.130. The summed E-state index contributed by atoms with van der Waals surface area (Å²) in [4.78, 5) is 30.5. The molecule has 1 atom stereocenters. The smallest absolute Gasteiger partial charge is 0.236 e. The van der Waals surface area contributed by atoms with Crippen molar-refractivity contribution >= 4 is 33.5 Å². The summed E-state index contributed by atoms with van der Waals surface area (Å²) in [5, 5.41) is 0. The number of hydrogen-bond donors (Lipinski definition) is 0. The van der Waals surface area contributed by atoms with E-state index in [1.807, 2.05) is 30.7 Å². The summed E-state index contributed by atoms with van der Waals surface area (Å²) in [6.45, 7) is 4.39. The van der Waals surface area contributed by atoms with Crippen LogP contribution >= 0.6 is 0 Å². The van der Waals surface area contributed by atoms with Gasteiger partial charge in [-0.25, -0.2) is 9.97 Å². The molecule has 5 rings (SSSR count). The summed E-state index contributed by atoms with van der Waals surface area (Å²) in [7, 11) is 6.93. The second-order valence-electron chi connectivity index (χ2n) is 10.3. The van der Waals surface area contributed by atoms with Crippen LogP contribution in [0, 0.1) is 5.92 Å². The van der Waals surface area contributed by atoms with Crippen LogP contribution in [0.3, 0.4) is 0 Å². The lowest BCUT2D eigenvalue weighted by Gasteiger charge is -2.33. The molecule has 0 aromatic carbocycles. The number of likely N-dealkylation sites (N-methyl/N-ethyl adjacent to an activating group) is 1. The Bertz CT molecular complexity index is 1430. The van der Waals surface area contributed by atoms with E-state index in [4.69, 9.17) is 14.5 Å². The summed E-state index contributed by atoms with van der Waals surface area (Å²) in [5.41, 5.74) is 5.37. The fraction of sp³-hybridized carbons (Fsp3) is 0.448. The number of fused-ring (bicyclic) bond motifs is 3. The van der Waals surface area contributed by atoms with E-state index in [0.29, 0.717) is 18.2 Å². The van der Waals surface area contributed by atoms with E-state index >= 15 is 0 Å². The number of amides is 1. The van der Waals surface area contributed by atoms with Gasteiger partial charge in [0.2, 0.25) is 5.91 Å². The fourth-order valence-electron chi connectivity index (χ4n) is 5.23. The van der Waals surface area contributed by atoms with Gasteiger partial charge in [-0.05, 0) is 49.5 Å². The van der Waals surface area contributed by atoms with E-state index in [1.165, 1.54) is 0 Å². The van der Waals surface area contributed by atoms with Crippen LogP contribution in [0.4, 0.5) is 0 Å². The first-order valence-electron chi connectivity index (χ1n) is 13.1. The van der Waals surface area contributed by atoms with Crippen molar-refractivity contribution in [2.24, 2.45) is 5.92 Å². The molecule has 9 nitrogen and oxygen atoms in total. The van der Waals surface area contributed by atoms with Gasteiger partial charge in [-0.2, -0.15) is 0 Å². The predicted octanol–water partition coefficient (Wildman–Crippen LogP) is 4.19. The summed E-state index contributed by atoms with van der Waals surface area (Å²) in [5.74, 6) is 1.85. The highest BCUT2D eigenvalue weighted by atomic mass is 16.5. The Labute approximate surface area is 223 Å². The van der Waals surface area contributed by atoms with Gasteiger partial charge in [0.15, 0.2) is 11.5 Å². The lowest BCUT2D eigenvalue weighted by Crippen LogP contribution is -2.41. The normalized spacial score (nSPS) is 19.4. The standard InChI is InChI=1S/C29H36N6O3/c1-19-6-9-25(37-4)26(38-5)15-20(14-19)22-7-8-23-28(32-22)29-24(16-30-23)31-18-35(29)21-10-12-34(13-11-21)17-27(36)33(2)3/h7-9,14-16,18-19,21H,6,10-13,17H2,1-5H3. The SMILES string of the molecule is COC1=CCC(C)C=C(c2ccc3ncc4ncn(C5CCN(CC(=O)N(C)C)CC5)c4c3n2)C=C1OC. The van der Waals surface area contributed by atoms with Gasteiger partial charge in [0.05, 0.1) is 50.0 Å². The Morgan fingerprint density at radius 1 is 1.08 bits per heavy atom. The zero-order valence-electron chi connectivity index (χ0n) is 22.8. The Hall–Kier alpha value is -3.72. The maximum Gasteiger partial charge on any atom is 0.236 e. The molecule has 3 aromatic rings. The molecule has 0 N–H and O–H groups in total. The summed E-state index contributed by atoms with van der Waals surface area (Å²) in [6, 6.07) is 4.33. The second-order valence-corrected chi connectivity index (χ2v) is 10.3. The van der Waals surface area contributed by atoms with E-state index in [9.17, 15) is 4.79 Å². The first kappa shape index (κ1) is 25.9. The van der Waals surface area contributed by atoms with E-state index in [-0.39, 0.29) is 11.9 Å². The molecule has 3 aromatic heterocycles. The van der Waals surface area contributed by atoms with Crippen molar-refractivity contribution in [1.29, 1.82) is 0 Å². The number of carbonyl (C=O) groups is 1. The number of hydrogen-bond acceptors (Lipinski definition) is 7. The number of nitrogens with zero attached hydrogens (tertiary/aromatic N) is 6. The summed E-state index contributed by atoms with van der Waals surface area (Å²) >= 11 is 0. The largest absolute Gasteiger partial charge is 0.493 e. The van der Waals surface area contributed by atoms with E-state index in [0.717, 1.165) is 71.4 Å². The molecule has 0 saturated carbocycles. The molecular formula is C29H36N6O3. The van der Waals surface area contributed by atoms with Crippen LogP contribution in [0.15, 0.2) is 54.4 Å². The quantitative estimate of drug-likeness (QED) is 0.486. The van der Waals surface area contributed by atoms with Crippen LogP contribution in [-0.4, -0.2) is 83.2 Å². The number of aromatic nitrogens is 4. The Balaban J connectivity index is 1.50. The Morgan fingerprint density at radius 3 is 2.55 bits per heavy atom. The van der Waals surface area contributed by atoms with Crippen LogP contribution in [0.5, 0.6) is 0 Å². The van der Waals surface area contributed by atoms with Crippen LogP contribution in [0.25, 0.3) is 27.6 Å². The molecule has 1 fully saturated rings. The monoisotopic (exact) mass is 516 g/mol. The molecule has 4 heterocycles. The van der Waals surface area contributed by atoms with Gasteiger partial charge in [0.25, 0.3) is 0 Å². The highest BCUT2D eigenvalue weighted by molar-refractivity contribution is 6.00. The molecule has 1 aliphatic carbocycles. The van der Waals surface area contributed by atoms with Gasteiger partial charge < -0.3 is 18.9 Å². The molecule has 1 amide bonds. The number of pyridine rings is 2. The molecule has 9 heteroatoms. The lowest BCUT2D eigenvalue weighted by atomic mass is 9.98. The number of piperidine rings is 1. The molecule has 1 saturated heterocycles. The van der Waals surface area contributed by atoms with Crippen molar-refractivity contribution in [3.05, 3.63) is 60.1 Å². The second kappa shape index (κ2) is 10.9. The zero-order chi connectivity index (χ0) is 26.8. The first-order valence-corrected chi connectivity index (χ1v) is 13.1. The molecule has 1 unspecified atom stereocenters. The van der Waals surface area contributed by atoms with E-state index in [2.05, 4.69) is 38.5 Å². The zero-order valence-corrected chi connectivity index (χ0v) is 22.8. The van der Waals surface area contributed by atoms with Crippen molar-refractivity contribution in [2.45, 2.75) is 32.2 Å². The van der Waals surface area contributed by atoms with Crippen molar-refractivity contribution in [3.63, 3.8) is 0 Å². The van der Waals surface area contributed by atoms with Gasteiger partial charge >= 0.3 is 0 Å². The summed E-state index contributed by atoms with van der Waals surface area (Å²) in [6.07, 6.45) is 12.8. The average molecular weight is 517 g/mol. The molecule has 0 spiro atoms. The molecule has 1 aliphatic heterocycles. The van der Waals surface area contributed by atoms with Crippen LogP contribution < -0.4 is 0 Å². The van der Waals surface area contributed by atoms with E-state index < -0.39 is 0 Å². The number of likely N-dealkylation sites (tertiary alicyclic amines) is 1.